The fraction of sp³-hybridized carbons (Fsp3) is 0.685. The molecule has 0 radical (unpaired) electrons. The predicted molar refractivity (Wildman–Crippen MR) is 343 cm³/mol. The summed E-state index contributed by atoms with van der Waals surface area (Å²) in [5, 5.41) is 0. The molecule has 0 fully saturated rings. The highest BCUT2D eigenvalue weighted by Gasteiger charge is 2.19. The number of ether oxygens (including phenoxy) is 3. The van der Waals surface area contributed by atoms with Gasteiger partial charge in [0.25, 0.3) is 0 Å². The number of rotatable bonds is 59. The van der Waals surface area contributed by atoms with E-state index in [1.165, 1.54) is 154 Å². The van der Waals surface area contributed by atoms with Gasteiger partial charge in [-0.2, -0.15) is 0 Å². The molecule has 1 atom stereocenters. The van der Waals surface area contributed by atoms with Crippen LogP contribution in [-0.4, -0.2) is 37.2 Å². The summed E-state index contributed by atoms with van der Waals surface area (Å²) in [7, 11) is 0. The minimum atomic E-state index is -0.810. The molecule has 0 aromatic carbocycles. The van der Waals surface area contributed by atoms with E-state index in [1.807, 2.05) is 0 Å². The molecule has 6 heteroatoms. The van der Waals surface area contributed by atoms with Crippen molar-refractivity contribution in [2.24, 2.45) is 0 Å². The molecule has 0 saturated carbocycles. The summed E-state index contributed by atoms with van der Waals surface area (Å²) >= 11 is 0. The lowest BCUT2D eigenvalue weighted by atomic mass is 10.0. The lowest BCUT2D eigenvalue weighted by Gasteiger charge is -2.18. The Kier molecular flexibility index (Phi) is 62.8. The number of allylic oxidation sites excluding steroid dienone is 20. The molecule has 0 amide bonds. The lowest BCUT2D eigenvalue weighted by molar-refractivity contribution is -0.167. The van der Waals surface area contributed by atoms with Crippen molar-refractivity contribution in [3.8, 4) is 0 Å². The van der Waals surface area contributed by atoms with Gasteiger partial charge in [-0.05, 0) is 109 Å². The highest BCUT2D eigenvalue weighted by atomic mass is 16.6. The van der Waals surface area contributed by atoms with Crippen molar-refractivity contribution in [2.45, 2.75) is 309 Å². The van der Waals surface area contributed by atoms with E-state index < -0.39 is 6.10 Å². The van der Waals surface area contributed by atoms with E-state index in [4.69, 9.17) is 14.2 Å². The maximum atomic E-state index is 12.9. The van der Waals surface area contributed by atoms with Crippen LogP contribution in [0.15, 0.2) is 122 Å². The summed E-state index contributed by atoms with van der Waals surface area (Å²) in [5.74, 6) is -0.960. The first-order chi connectivity index (χ1) is 39.0. The molecule has 0 spiro atoms. The fourth-order valence-electron chi connectivity index (χ4n) is 9.03. The Balaban J connectivity index is 4.27. The van der Waals surface area contributed by atoms with Gasteiger partial charge in [-0.15, -0.1) is 0 Å². The van der Waals surface area contributed by atoms with E-state index >= 15 is 0 Å². The molecular formula is C73H122O6. The zero-order chi connectivity index (χ0) is 57.1. The van der Waals surface area contributed by atoms with Crippen molar-refractivity contribution in [1.82, 2.24) is 0 Å². The highest BCUT2D eigenvalue weighted by molar-refractivity contribution is 5.71. The molecular weight excluding hydrogens is 973 g/mol. The maximum absolute atomic E-state index is 12.9. The predicted octanol–water partition coefficient (Wildman–Crippen LogP) is 22.8. The van der Waals surface area contributed by atoms with Gasteiger partial charge in [-0.3, -0.25) is 14.4 Å². The van der Waals surface area contributed by atoms with Gasteiger partial charge < -0.3 is 14.2 Å². The summed E-state index contributed by atoms with van der Waals surface area (Å²) < 4.78 is 16.8. The molecule has 0 heterocycles. The highest BCUT2D eigenvalue weighted by Crippen LogP contribution is 2.16. The number of carbonyl (C=O) groups is 3. The summed E-state index contributed by atoms with van der Waals surface area (Å²) in [6.45, 7) is 6.46. The molecule has 0 N–H and O–H groups in total. The number of unbranched alkanes of at least 4 members (excludes halogenated alkanes) is 28. The first-order valence-electron chi connectivity index (χ1n) is 33.0. The van der Waals surface area contributed by atoms with Crippen LogP contribution in [0.25, 0.3) is 0 Å². The van der Waals surface area contributed by atoms with Crippen LogP contribution in [0.3, 0.4) is 0 Å². The number of hydrogen-bond acceptors (Lipinski definition) is 6. The fourth-order valence-corrected chi connectivity index (χ4v) is 9.03. The molecule has 0 aliphatic heterocycles. The van der Waals surface area contributed by atoms with Crippen LogP contribution in [0.1, 0.15) is 303 Å². The van der Waals surface area contributed by atoms with Crippen LogP contribution in [0.5, 0.6) is 0 Å². The minimum Gasteiger partial charge on any atom is -0.462 e. The van der Waals surface area contributed by atoms with E-state index in [2.05, 4.69) is 142 Å². The molecule has 0 aromatic rings. The molecule has 0 saturated heterocycles. The van der Waals surface area contributed by atoms with Gasteiger partial charge in [0.05, 0.1) is 0 Å². The van der Waals surface area contributed by atoms with Crippen molar-refractivity contribution in [2.75, 3.05) is 13.2 Å². The zero-order valence-corrected chi connectivity index (χ0v) is 51.6. The summed E-state index contributed by atoms with van der Waals surface area (Å²) in [6, 6.07) is 0. The Bertz CT molecular complexity index is 1640. The topological polar surface area (TPSA) is 78.9 Å². The van der Waals surface area contributed by atoms with Gasteiger partial charge in [-0.1, -0.05) is 296 Å². The SMILES string of the molecule is CC/C=C\C/C=C\C/C=C\C/C=C\C/C=C\C/C=C\C/C=C\CCCC(=O)OC(COC(=O)CCCCCCCCCCC)COC(=O)CCCCCCCCCCCCCCCC/C=C\C/C=C\C/C=C\CCCCCCC. The molecule has 0 aliphatic rings. The maximum Gasteiger partial charge on any atom is 0.306 e. The quantitative estimate of drug-likeness (QED) is 0.0261. The van der Waals surface area contributed by atoms with Crippen LogP contribution in [-0.2, 0) is 28.6 Å². The van der Waals surface area contributed by atoms with Gasteiger partial charge in [0, 0.05) is 19.3 Å². The van der Waals surface area contributed by atoms with Crippen LogP contribution in [0, 0.1) is 0 Å². The molecule has 79 heavy (non-hydrogen) atoms. The lowest BCUT2D eigenvalue weighted by Crippen LogP contribution is -2.30. The largest absolute Gasteiger partial charge is 0.462 e. The van der Waals surface area contributed by atoms with Crippen molar-refractivity contribution in [1.29, 1.82) is 0 Å². The van der Waals surface area contributed by atoms with Crippen LogP contribution < -0.4 is 0 Å². The van der Waals surface area contributed by atoms with Gasteiger partial charge >= 0.3 is 17.9 Å². The van der Waals surface area contributed by atoms with E-state index in [9.17, 15) is 14.4 Å². The zero-order valence-electron chi connectivity index (χ0n) is 51.6. The molecule has 450 valence electrons. The molecule has 1 unspecified atom stereocenters. The monoisotopic (exact) mass is 1090 g/mol. The average Bonchev–Trinajstić information content (AvgIpc) is 3.45. The van der Waals surface area contributed by atoms with Gasteiger partial charge in [-0.25, -0.2) is 0 Å². The Morgan fingerprint density at radius 3 is 0.810 bits per heavy atom. The standard InChI is InChI=1S/C73H122O6/c1-4-7-10-13-16-19-21-23-25-27-29-31-33-34-35-36-37-38-40-41-43-45-47-49-51-54-57-60-63-66-72(75)78-69-70(68-77-71(74)65-62-59-56-53-18-15-12-9-6-3)79-73(76)67-64-61-58-55-52-50-48-46-44-42-39-32-30-28-26-24-22-20-17-14-11-8-5-2/h8,11,17,20-21,23-24,26-27,29-30,32-34,42,44,48,50,55,58,70H,4-7,9-10,12-16,18-19,22,25,28,31,35-41,43,45-47,49,51-54,56-57,59-69H2,1-3H3/b11-8-,20-17-,23-21-,26-24-,29-27-,32-30-,34-33-,44-42-,50-48-,58-55-. The molecule has 0 rings (SSSR count). The second kappa shape index (κ2) is 66.3. The van der Waals surface area contributed by atoms with Gasteiger partial charge in [0.2, 0.25) is 0 Å². The number of esters is 3. The van der Waals surface area contributed by atoms with Crippen molar-refractivity contribution in [3.05, 3.63) is 122 Å². The second-order valence-electron chi connectivity index (χ2n) is 21.6. The van der Waals surface area contributed by atoms with Crippen LogP contribution in [0.4, 0.5) is 0 Å². The Morgan fingerprint density at radius 1 is 0.266 bits per heavy atom. The molecule has 0 aliphatic carbocycles. The van der Waals surface area contributed by atoms with Crippen LogP contribution >= 0.6 is 0 Å². The summed E-state index contributed by atoms with van der Waals surface area (Å²) in [4.78, 5) is 38.2. The summed E-state index contributed by atoms with van der Waals surface area (Å²) in [5.41, 5.74) is 0. The molecule has 0 bridgehead atoms. The molecule has 0 aromatic heterocycles. The Morgan fingerprint density at radius 2 is 0.506 bits per heavy atom. The molecule has 6 nitrogen and oxygen atoms in total. The van der Waals surface area contributed by atoms with Crippen LogP contribution in [0.2, 0.25) is 0 Å². The Hall–Kier alpha value is -4.19. The third-order valence-electron chi connectivity index (χ3n) is 14.0. The number of hydrogen-bond donors (Lipinski definition) is 0. The normalized spacial score (nSPS) is 12.9. The van der Waals surface area contributed by atoms with E-state index in [0.717, 1.165) is 103 Å². The van der Waals surface area contributed by atoms with Gasteiger partial charge in [0.1, 0.15) is 13.2 Å². The minimum absolute atomic E-state index is 0.101. The van der Waals surface area contributed by atoms with Crippen molar-refractivity contribution in [3.63, 3.8) is 0 Å². The van der Waals surface area contributed by atoms with Crippen molar-refractivity contribution < 1.29 is 28.6 Å². The third-order valence-corrected chi connectivity index (χ3v) is 14.0. The first kappa shape index (κ1) is 74.8. The van der Waals surface area contributed by atoms with E-state index in [0.29, 0.717) is 19.3 Å². The second-order valence-corrected chi connectivity index (χ2v) is 21.6. The smallest absolute Gasteiger partial charge is 0.306 e. The Labute approximate surface area is 488 Å². The van der Waals surface area contributed by atoms with E-state index in [1.54, 1.807) is 0 Å². The summed E-state index contributed by atoms with van der Waals surface area (Å²) in [6.07, 6.45) is 92.3. The first-order valence-corrected chi connectivity index (χ1v) is 33.0. The third kappa shape index (κ3) is 64.5. The number of carbonyl (C=O) groups excluding carboxylic acids is 3. The van der Waals surface area contributed by atoms with Gasteiger partial charge in [0.15, 0.2) is 6.10 Å². The average molecular weight is 1100 g/mol. The van der Waals surface area contributed by atoms with E-state index in [-0.39, 0.29) is 37.5 Å². The van der Waals surface area contributed by atoms with Crippen molar-refractivity contribution >= 4 is 17.9 Å².